The van der Waals surface area contributed by atoms with E-state index in [1.165, 1.54) is 4.90 Å². The van der Waals surface area contributed by atoms with Crippen molar-refractivity contribution in [2.75, 3.05) is 6.61 Å². The molecule has 3 aromatic rings. The third-order valence-electron chi connectivity index (χ3n) is 5.72. The minimum absolute atomic E-state index is 0.0774. The molecule has 1 saturated heterocycles. The van der Waals surface area contributed by atoms with Crippen molar-refractivity contribution in [3.05, 3.63) is 101 Å². The standard InChI is InChI=1S/C28H28N2O4/c1-18(2)17-34-23-12-10-22(11-13-23)26(31)24-25(21-8-6-19(3)7-9-21)30(28(33)27(24)32)16-20-5-4-14-29-15-20/h4-15,18,25,31H,16-17H2,1-3H3/t25-/m1/s1. The molecule has 174 valence electrons. The number of pyridine rings is 1. The van der Waals surface area contributed by atoms with E-state index in [4.69, 9.17) is 4.74 Å². The molecule has 34 heavy (non-hydrogen) atoms. The Bertz CT molecular complexity index is 1200. The van der Waals surface area contributed by atoms with E-state index in [0.29, 0.717) is 23.8 Å². The SMILES string of the molecule is Cc1ccc([C@@H]2C(=C(O)c3ccc(OCC(C)C)cc3)C(=O)C(=O)N2Cc2cccnc2)cc1. The molecule has 1 atom stereocenters. The normalized spacial score (nSPS) is 17.4. The van der Waals surface area contributed by atoms with Crippen molar-refractivity contribution >= 4 is 17.4 Å². The van der Waals surface area contributed by atoms with Gasteiger partial charge >= 0.3 is 0 Å². The van der Waals surface area contributed by atoms with Crippen LogP contribution in [-0.4, -0.2) is 33.3 Å². The van der Waals surface area contributed by atoms with Crippen LogP contribution in [0.2, 0.25) is 0 Å². The fourth-order valence-corrected chi connectivity index (χ4v) is 3.95. The van der Waals surface area contributed by atoms with Crippen molar-refractivity contribution in [3.8, 4) is 5.75 Å². The van der Waals surface area contributed by atoms with Crippen molar-refractivity contribution in [2.45, 2.75) is 33.4 Å². The molecule has 1 aliphatic heterocycles. The zero-order valence-electron chi connectivity index (χ0n) is 19.6. The summed E-state index contributed by atoms with van der Waals surface area (Å²) in [5.41, 5.74) is 3.15. The largest absolute Gasteiger partial charge is 0.507 e. The molecule has 6 nitrogen and oxygen atoms in total. The van der Waals surface area contributed by atoms with Crippen LogP contribution in [0, 0.1) is 12.8 Å². The van der Waals surface area contributed by atoms with Gasteiger partial charge in [0.1, 0.15) is 11.5 Å². The van der Waals surface area contributed by atoms with E-state index in [9.17, 15) is 14.7 Å². The highest BCUT2D eigenvalue weighted by Crippen LogP contribution is 2.40. The van der Waals surface area contributed by atoms with Gasteiger partial charge in [-0.15, -0.1) is 0 Å². The van der Waals surface area contributed by atoms with Gasteiger partial charge in [0.2, 0.25) is 0 Å². The predicted molar refractivity (Wildman–Crippen MR) is 130 cm³/mol. The number of aryl methyl sites for hydroxylation is 1. The number of benzene rings is 2. The number of Topliss-reactive ketones (excluding diaryl/α,β-unsaturated/α-hetero) is 1. The van der Waals surface area contributed by atoms with Gasteiger partial charge in [0.15, 0.2) is 0 Å². The number of amides is 1. The molecular weight excluding hydrogens is 428 g/mol. The second-order valence-electron chi connectivity index (χ2n) is 8.93. The number of aliphatic hydroxyl groups excluding tert-OH is 1. The number of carbonyl (C=O) groups is 2. The fourth-order valence-electron chi connectivity index (χ4n) is 3.95. The first-order valence-corrected chi connectivity index (χ1v) is 11.3. The second-order valence-corrected chi connectivity index (χ2v) is 8.93. The lowest BCUT2D eigenvalue weighted by atomic mass is 9.94. The Morgan fingerprint density at radius 1 is 1.06 bits per heavy atom. The summed E-state index contributed by atoms with van der Waals surface area (Å²) < 4.78 is 5.72. The lowest BCUT2D eigenvalue weighted by molar-refractivity contribution is -0.140. The quantitative estimate of drug-likeness (QED) is 0.306. The Morgan fingerprint density at radius 2 is 1.76 bits per heavy atom. The van der Waals surface area contributed by atoms with Gasteiger partial charge in [-0.25, -0.2) is 0 Å². The molecule has 1 N–H and O–H groups in total. The van der Waals surface area contributed by atoms with Crippen LogP contribution in [0.3, 0.4) is 0 Å². The van der Waals surface area contributed by atoms with E-state index in [0.717, 1.165) is 16.7 Å². The molecule has 1 amide bonds. The highest BCUT2D eigenvalue weighted by atomic mass is 16.5. The van der Waals surface area contributed by atoms with Crippen LogP contribution in [-0.2, 0) is 16.1 Å². The molecule has 0 saturated carbocycles. The summed E-state index contributed by atoms with van der Waals surface area (Å²) in [5.74, 6) is -0.483. The molecule has 0 bridgehead atoms. The summed E-state index contributed by atoms with van der Waals surface area (Å²) in [6, 6.07) is 17.5. The smallest absolute Gasteiger partial charge is 0.295 e. The number of hydrogen-bond acceptors (Lipinski definition) is 5. The molecular formula is C28H28N2O4. The minimum atomic E-state index is -0.710. The highest BCUT2D eigenvalue weighted by molar-refractivity contribution is 6.46. The van der Waals surface area contributed by atoms with Gasteiger partial charge in [-0.1, -0.05) is 49.7 Å². The highest BCUT2D eigenvalue weighted by Gasteiger charge is 2.46. The summed E-state index contributed by atoms with van der Waals surface area (Å²) >= 11 is 0. The summed E-state index contributed by atoms with van der Waals surface area (Å²) in [6.45, 7) is 6.89. The van der Waals surface area contributed by atoms with E-state index in [1.807, 2.05) is 37.3 Å². The first-order chi connectivity index (χ1) is 16.3. The zero-order valence-corrected chi connectivity index (χ0v) is 19.6. The number of carbonyl (C=O) groups excluding carboxylic acids is 2. The van der Waals surface area contributed by atoms with Crippen LogP contribution >= 0.6 is 0 Å². The maximum absolute atomic E-state index is 13.2. The van der Waals surface area contributed by atoms with Crippen LogP contribution in [0.4, 0.5) is 0 Å². The lowest BCUT2D eigenvalue weighted by Gasteiger charge is -2.25. The topological polar surface area (TPSA) is 79.7 Å². The van der Waals surface area contributed by atoms with Crippen molar-refractivity contribution in [1.82, 2.24) is 9.88 Å². The van der Waals surface area contributed by atoms with Crippen molar-refractivity contribution < 1.29 is 19.4 Å². The Kier molecular flexibility index (Phi) is 6.77. The molecule has 0 radical (unpaired) electrons. The average Bonchev–Trinajstić information content (AvgIpc) is 3.08. The summed E-state index contributed by atoms with van der Waals surface area (Å²) in [7, 11) is 0. The third-order valence-corrected chi connectivity index (χ3v) is 5.72. The number of nitrogens with zero attached hydrogens (tertiary/aromatic N) is 2. The molecule has 1 aliphatic rings. The maximum Gasteiger partial charge on any atom is 0.295 e. The van der Waals surface area contributed by atoms with Crippen molar-refractivity contribution in [3.63, 3.8) is 0 Å². The number of aliphatic hydroxyl groups is 1. The number of ether oxygens (including phenoxy) is 1. The predicted octanol–water partition coefficient (Wildman–Crippen LogP) is 5.05. The van der Waals surface area contributed by atoms with Crippen molar-refractivity contribution in [1.29, 1.82) is 0 Å². The van der Waals surface area contributed by atoms with E-state index >= 15 is 0 Å². The Morgan fingerprint density at radius 3 is 2.38 bits per heavy atom. The van der Waals surface area contributed by atoms with Gasteiger partial charge in [0, 0.05) is 24.5 Å². The zero-order chi connectivity index (χ0) is 24.2. The molecule has 2 aromatic carbocycles. The molecule has 0 spiro atoms. The summed E-state index contributed by atoms with van der Waals surface area (Å²) in [4.78, 5) is 31.9. The van der Waals surface area contributed by atoms with E-state index in [-0.39, 0.29) is 17.9 Å². The lowest BCUT2D eigenvalue weighted by Crippen LogP contribution is -2.29. The molecule has 1 fully saturated rings. The van der Waals surface area contributed by atoms with Crippen LogP contribution in [0.5, 0.6) is 5.75 Å². The summed E-state index contributed by atoms with van der Waals surface area (Å²) in [5, 5.41) is 11.2. The number of aromatic nitrogens is 1. The van der Waals surface area contributed by atoms with E-state index in [2.05, 4.69) is 18.8 Å². The first kappa shape index (κ1) is 23.2. The van der Waals surface area contributed by atoms with Gasteiger partial charge in [-0.2, -0.15) is 0 Å². The molecule has 1 aromatic heterocycles. The average molecular weight is 457 g/mol. The molecule has 0 unspecified atom stereocenters. The second kappa shape index (κ2) is 9.91. The van der Waals surface area contributed by atoms with Crippen LogP contribution < -0.4 is 4.74 Å². The van der Waals surface area contributed by atoms with Gasteiger partial charge in [0.25, 0.3) is 11.7 Å². The van der Waals surface area contributed by atoms with Gasteiger partial charge < -0.3 is 14.7 Å². The van der Waals surface area contributed by atoms with E-state index in [1.54, 1.807) is 42.7 Å². The number of rotatable bonds is 7. The molecule has 2 heterocycles. The third kappa shape index (κ3) is 4.86. The van der Waals surface area contributed by atoms with Gasteiger partial charge in [-0.05, 0) is 54.3 Å². The van der Waals surface area contributed by atoms with Gasteiger partial charge in [-0.3, -0.25) is 14.6 Å². The maximum atomic E-state index is 13.2. The minimum Gasteiger partial charge on any atom is -0.507 e. The Hall–Kier alpha value is -3.93. The Labute approximate surface area is 199 Å². The molecule has 4 rings (SSSR count). The number of ketones is 1. The Balaban J connectivity index is 1.75. The van der Waals surface area contributed by atoms with Crippen LogP contribution in [0.15, 0.2) is 78.6 Å². The van der Waals surface area contributed by atoms with E-state index < -0.39 is 17.7 Å². The van der Waals surface area contributed by atoms with Crippen LogP contribution in [0.25, 0.3) is 5.76 Å². The fraction of sp³-hybridized carbons (Fsp3) is 0.250. The first-order valence-electron chi connectivity index (χ1n) is 11.3. The van der Waals surface area contributed by atoms with Crippen LogP contribution in [0.1, 0.15) is 42.1 Å². The summed E-state index contributed by atoms with van der Waals surface area (Å²) in [6.07, 6.45) is 3.32. The monoisotopic (exact) mass is 456 g/mol. The molecule has 0 aliphatic carbocycles. The van der Waals surface area contributed by atoms with Gasteiger partial charge in [0.05, 0.1) is 18.2 Å². The number of likely N-dealkylation sites (tertiary alicyclic amines) is 1. The number of hydrogen-bond donors (Lipinski definition) is 1. The molecule has 6 heteroatoms. The van der Waals surface area contributed by atoms with Crippen molar-refractivity contribution in [2.24, 2.45) is 5.92 Å².